The Morgan fingerprint density at radius 3 is 2.88 bits per heavy atom. The Balaban J connectivity index is 2.34. The van der Waals surface area contributed by atoms with Gasteiger partial charge in [0.2, 0.25) is 0 Å². The summed E-state index contributed by atoms with van der Waals surface area (Å²) in [6, 6.07) is 5.11. The van der Waals surface area contributed by atoms with Crippen LogP contribution in [-0.4, -0.2) is 12.6 Å². The van der Waals surface area contributed by atoms with E-state index < -0.39 is 0 Å². The minimum Gasteiger partial charge on any atom is -0.491 e. The molecule has 0 aliphatic carbocycles. The molecule has 0 fully saturated rings. The Labute approximate surface area is 96.6 Å². The van der Waals surface area contributed by atoms with E-state index in [9.17, 15) is 4.39 Å². The van der Waals surface area contributed by atoms with Gasteiger partial charge in [-0.25, -0.2) is 4.39 Å². The van der Waals surface area contributed by atoms with E-state index in [2.05, 4.69) is 6.92 Å². The molecule has 1 aromatic carbocycles. The average molecular weight is 225 g/mol. The lowest BCUT2D eigenvalue weighted by Crippen LogP contribution is -2.19. The van der Waals surface area contributed by atoms with Crippen LogP contribution in [0.5, 0.6) is 5.75 Å². The molecule has 0 radical (unpaired) electrons. The van der Waals surface area contributed by atoms with Crippen LogP contribution in [0, 0.1) is 12.7 Å². The molecular weight excluding hydrogens is 205 g/mol. The van der Waals surface area contributed by atoms with Gasteiger partial charge in [-0.2, -0.15) is 0 Å². The van der Waals surface area contributed by atoms with E-state index in [4.69, 9.17) is 10.5 Å². The average Bonchev–Trinajstić information content (AvgIpc) is 2.28. The topological polar surface area (TPSA) is 35.2 Å². The van der Waals surface area contributed by atoms with E-state index in [-0.39, 0.29) is 11.9 Å². The number of aryl methyl sites for hydroxylation is 1. The van der Waals surface area contributed by atoms with Crippen molar-refractivity contribution in [1.29, 1.82) is 0 Å². The summed E-state index contributed by atoms with van der Waals surface area (Å²) in [6.45, 7) is 4.50. The Bertz CT molecular complexity index is 328. The van der Waals surface area contributed by atoms with Crippen LogP contribution in [0.4, 0.5) is 4.39 Å². The standard InChI is InChI=1S/C13H20FNO/c1-3-11(15)5-4-8-16-13-9-10(2)6-7-12(13)14/h6-7,9,11H,3-5,8,15H2,1-2H3. The van der Waals surface area contributed by atoms with Gasteiger partial charge in [0.15, 0.2) is 11.6 Å². The first-order valence-corrected chi connectivity index (χ1v) is 5.78. The highest BCUT2D eigenvalue weighted by Gasteiger charge is 2.04. The molecule has 2 N–H and O–H groups in total. The normalized spacial score (nSPS) is 12.5. The first-order valence-electron chi connectivity index (χ1n) is 5.78. The Hall–Kier alpha value is -1.09. The summed E-state index contributed by atoms with van der Waals surface area (Å²) in [5.41, 5.74) is 6.78. The number of halogens is 1. The zero-order valence-corrected chi connectivity index (χ0v) is 10.0. The molecule has 0 aliphatic rings. The van der Waals surface area contributed by atoms with Crippen molar-refractivity contribution in [2.24, 2.45) is 5.73 Å². The van der Waals surface area contributed by atoms with E-state index in [0.29, 0.717) is 12.4 Å². The maximum Gasteiger partial charge on any atom is 0.165 e. The Morgan fingerprint density at radius 1 is 1.44 bits per heavy atom. The van der Waals surface area contributed by atoms with Gasteiger partial charge in [0.25, 0.3) is 0 Å². The molecule has 3 heteroatoms. The molecule has 0 heterocycles. The second-order valence-corrected chi connectivity index (χ2v) is 4.09. The quantitative estimate of drug-likeness (QED) is 0.755. The van der Waals surface area contributed by atoms with Gasteiger partial charge < -0.3 is 10.5 Å². The van der Waals surface area contributed by atoms with Crippen LogP contribution in [0.15, 0.2) is 18.2 Å². The van der Waals surface area contributed by atoms with Crippen molar-refractivity contribution in [3.63, 3.8) is 0 Å². The van der Waals surface area contributed by atoms with Gasteiger partial charge >= 0.3 is 0 Å². The van der Waals surface area contributed by atoms with Crippen molar-refractivity contribution in [1.82, 2.24) is 0 Å². The maximum atomic E-state index is 13.3. The summed E-state index contributed by atoms with van der Waals surface area (Å²) < 4.78 is 18.7. The van der Waals surface area contributed by atoms with Gasteiger partial charge in [-0.3, -0.25) is 0 Å². The molecule has 1 rings (SSSR count). The maximum absolute atomic E-state index is 13.3. The lowest BCUT2D eigenvalue weighted by atomic mass is 10.1. The van der Waals surface area contributed by atoms with Crippen molar-refractivity contribution in [3.05, 3.63) is 29.6 Å². The van der Waals surface area contributed by atoms with Crippen LogP contribution < -0.4 is 10.5 Å². The van der Waals surface area contributed by atoms with Gasteiger partial charge in [0, 0.05) is 6.04 Å². The van der Waals surface area contributed by atoms with Crippen LogP contribution in [0.2, 0.25) is 0 Å². The third-order valence-electron chi connectivity index (χ3n) is 2.59. The smallest absolute Gasteiger partial charge is 0.165 e. The molecular formula is C13H20FNO. The highest BCUT2D eigenvalue weighted by Crippen LogP contribution is 2.18. The van der Waals surface area contributed by atoms with Gasteiger partial charge in [0.1, 0.15) is 0 Å². The van der Waals surface area contributed by atoms with Gasteiger partial charge in [0.05, 0.1) is 6.61 Å². The fourth-order valence-electron chi connectivity index (χ4n) is 1.45. The molecule has 1 atom stereocenters. The van der Waals surface area contributed by atoms with Crippen LogP contribution in [0.1, 0.15) is 31.7 Å². The molecule has 0 saturated heterocycles. The molecule has 0 spiro atoms. The summed E-state index contributed by atoms with van der Waals surface area (Å²) in [5, 5.41) is 0. The number of hydrogen-bond acceptors (Lipinski definition) is 2. The van der Waals surface area contributed by atoms with Crippen molar-refractivity contribution in [2.75, 3.05) is 6.61 Å². The minimum atomic E-state index is -0.301. The van der Waals surface area contributed by atoms with E-state index in [1.165, 1.54) is 6.07 Å². The van der Waals surface area contributed by atoms with Crippen LogP contribution >= 0.6 is 0 Å². The van der Waals surface area contributed by atoms with Crippen molar-refractivity contribution >= 4 is 0 Å². The zero-order valence-electron chi connectivity index (χ0n) is 10.0. The number of nitrogens with two attached hydrogens (primary N) is 1. The summed E-state index contributed by atoms with van der Waals surface area (Å²) in [7, 11) is 0. The first kappa shape index (κ1) is 13.0. The summed E-state index contributed by atoms with van der Waals surface area (Å²) in [4.78, 5) is 0. The molecule has 0 saturated carbocycles. The molecule has 0 bridgehead atoms. The van der Waals surface area contributed by atoms with Gasteiger partial charge in [-0.05, 0) is 43.9 Å². The molecule has 2 nitrogen and oxygen atoms in total. The summed E-state index contributed by atoms with van der Waals surface area (Å²) in [5.74, 6) is 0.0375. The molecule has 0 aromatic heterocycles. The lowest BCUT2D eigenvalue weighted by Gasteiger charge is -2.10. The fourth-order valence-corrected chi connectivity index (χ4v) is 1.45. The van der Waals surface area contributed by atoms with E-state index in [1.54, 1.807) is 12.1 Å². The SMILES string of the molecule is CCC(N)CCCOc1cc(C)ccc1F. The minimum absolute atomic E-state index is 0.228. The van der Waals surface area contributed by atoms with Gasteiger partial charge in [-0.1, -0.05) is 13.0 Å². The Morgan fingerprint density at radius 2 is 2.19 bits per heavy atom. The predicted molar refractivity (Wildman–Crippen MR) is 64.1 cm³/mol. The van der Waals surface area contributed by atoms with Crippen molar-refractivity contribution in [2.45, 2.75) is 39.2 Å². The Kier molecular flexibility index (Phi) is 5.26. The third kappa shape index (κ3) is 4.19. The van der Waals surface area contributed by atoms with E-state index >= 15 is 0 Å². The number of benzene rings is 1. The molecule has 1 unspecified atom stereocenters. The number of ether oxygens (including phenoxy) is 1. The third-order valence-corrected chi connectivity index (χ3v) is 2.59. The summed E-state index contributed by atoms with van der Waals surface area (Å²) in [6.07, 6.45) is 2.76. The fraction of sp³-hybridized carbons (Fsp3) is 0.538. The van der Waals surface area contributed by atoms with Crippen molar-refractivity contribution < 1.29 is 9.13 Å². The lowest BCUT2D eigenvalue weighted by molar-refractivity contribution is 0.286. The van der Waals surface area contributed by atoms with Crippen LogP contribution in [-0.2, 0) is 0 Å². The molecule has 1 aromatic rings. The predicted octanol–water partition coefficient (Wildman–Crippen LogP) is 3.03. The van der Waals surface area contributed by atoms with Gasteiger partial charge in [-0.15, -0.1) is 0 Å². The highest BCUT2D eigenvalue weighted by molar-refractivity contribution is 5.29. The molecule has 0 amide bonds. The summed E-state index contributed by atoms with van der Waals surface area (Å²) >= 11 is 0. The largest absolute Gasteiger partial charge is 0.491 e. The molecule has 16 heavy (non-hydrogen) atoms. The second-order valence-electron chi connectivity index (χ2n) is 4.09. The van der Waals surface area contributed by atoms with Crippen molar-refractivity contribution in [3.8, 4) is 5.75 Å². The molecule has 0 aliphatic heterocycles. The monoisotopic (exact) mass is 225 g/mol. The number of hydrogen-bond donors (Lipinski definition) is 1. The van der Waals surface area contributed by atoms with Crippen LogP contribution in [0.3, 0.4) is 0 Å². The van der Waals surface area contributed by atoms with E-state index in [0.717, 1.165) is 24.8 Å². The zero-order chi connectivity index (χ0) is 12.0. The first-order chi connectivity index (χ1) is 7.63. The molecule has 90 valence electrons. The highest BCUT2D eigenvalue weighted by atomic mass is 19.1. The van der Waals surface area contributed by atoms with E-state index in [1.807, 2.05) is 6.92 Å². The number of rotatable bonds is 6. The van der Waals surface area contributed by atoms with Crippen LogP contribution in [0.25, 0.3) is 0 Å². The second kappa shape index (κ2) is 6.48.